The largest absolute Gasteiger partial charge is 0.379 e. The number of benzene rings is 4. The summed E-state index contributed by atoms with van der Waals surface area (Å²) in [7, 11) is -3.71. The molecule has 0 amide bonds. The van der Waals surface area contributed by atoms with Gasteiger partial charge in [-0.3, -0.25) is 0 Å². The van der Waals surface area contributed by atoms with Gasteiger partial charge in [0.25, 0.3) is 0 Å². The van der Waals surface area contributed by atoms with E-state index in [4.69, 9.17) is 0 Å². The minimum absolute atomic E-state index is 0.133. The lowest BCUT2D eigenvalue weighted by molar-refractivity contribution is 0.0709. The van der Waals surface area contributed by atoms with Crippen molar-refractivity contribution in [1.29, 1.82) is 0 Å². The third-order valence-electron chi connectivity index (χ3n) is 6.20. The molecular formula is C31H30NO3S+. The second-order valence-electron chi connectivity index (χ2n) is 8.92. The molecular weight excluding hydrogens is 466 g/mol. The van der Waals surface area contributed by atoms with Gasteiger partial charge in [-0.2, -0.15) is 0 Å². The molecule has 2 atom stereocenters. The molecule has 4 nitrogen and oxygen atoms in total. The maximum Gasteiger partial charge on any atom is 0.240 e. The second kappa shape index (κ2) is 11.4. The van der Waals surface area contributed by atoms with Gasteiger partial charge >= 0.3 is 0 Å². The van der Waals surface area contributed by atoms with E-state index in [2.05, 4.69) is 10.8 Å². The van der Waals surface area contributed by atoms with Crippen LogP contribution >= 0.6 is 0 Å². The molecule has 1 unspecified atom stereocenters. The zero-order valence-electron chi connectivity index (χ0n) is 20.2. The number of aliphatic hydroxyl groups is 1. The molecule has 0 aliphatic rings. The third kappa shape index (κ3) is 6.54. The fourth-order valence-electron chi connectivity index (χ4n) is 4.14. The van der Waals surface area contributed by atoms with Crippen LogP contribution in [0.25, 0.3) is 0 Å². The van der Waals surface area contributed by atoms with Crippen LogP contribution in [0, 0.1) is 13.0 Å². The molecule has 5 heteroatoms. The molecule has 36 heavy (non-hydrogen) atoms. The quantitative estimate of drug-likeness (QED) is 0.275. The highest BCUT2D eigenvalue weighted by molar-refractivity contribution is 7.89. The summed E-state index contributed by atoms with van der Waals surface area (Å²) in [5.41, 5.74) is 2.13. The average Bonchev–Trinajstić information content (AvgIpc) is 2.92. The molecule has 4 rings (SSSR count). The highest BCUT2D eigenvalue weighted by Gasteiger charge is 2.33. The number of nitrogens with one attached hydrogen (secondary N) is 1. The van der Waals surface area contributed by atoms with E-state index < -0.39 is 15.6 Å². The molecule has 0 saturated carbocycles. The van der Waals surface area contributed by atoms with E-state index >= 15 is 0 Å². The maximum atomic E-state index is 13.0. The van der Waals surface area contributed by atoms with E-state index in [1.165, 1.54) is 0 Å². The van der Waals surface area contributed by atoms with Gasteiger partial charge in [0.2, 0.25) is 10.0 Å². The van der Waals surface area contributed by atoms with Gasteiger partial charge in [0.15, 0.2) is 5.56 Å². The van der Waals surface area contributed by atoms with Gasteiger partial charge in [-0.25, -0.2) is 13.1 Å². The average molecular weight is 497 g/mol. The molecule has 0 radical (unpaired) electrons. The van der Waals surface area contributed by atoms with Gasteiger partial charge in [0, 0.05) is 18.5 Å². The highest BCUT2D eigenvalue weighted by Crippen LogP contribution is 2.35. The number of sulfonamides is 1. The Labute approximate surface area is 214 Å². The Morgan fingerprint density at radius 2 is 1.39 bits per heavy atom. The van der Waals surface area contributed by atoms with Crippen molar-refractivity contribution in [1.82, 2.24) is 4.72 Å². The summed E-state index contributed by atoms with van der Waals surface area (Å²) in [4.78, 5) is 0.218. The Morgan fingerprint density at radius 3 is 2.00 bits per heavy atom. The Hall–Kier alpha value is -3.60. The fourth-order valence-corrected chi connectivity index (χ4v) is 5.23. The van der Waals surface area contributed by atoms with Gasteiger partial charge in [-0.05, 0) is 54.8 Å². The minimum Gasteiger partial charge on any atom is -0.379 e. The molecule has 0 saturated heterocycles. The standard InChI is InChI=1S/C31H30NO3S/c1-25-17-19-30(20-18-25)36(34,35)32-24-28(27-13-7-3-8-14-27)23-31(33,29-15-9-4-10-16-29)22-21-26-11-5-2-6-12-26/h2-20,22,28,32-33H,23-24H2,1H3/q+1/t28?,31-/m0/s1. The van der Waals surface area contributed by atoms with Crippen LogP contribution in [0.3, 0.4) is 0 Å². The van der Waals surface area contributed by atoms with E-state index in [-0.39, 0.29) is 23.8 Å². The topological polar surface area (TPSA) is 66.4 Å². The van der Waals surface area contributed by atoms with Gasteiger partial charge in [0.05, 0.1) is 23.1 Å². The summed E-state index contributed by atoms with van der Waals surface area (Å²) >= 11 is 0. The summed E-state index contributed by atoms with van der Waals surface area (Å²) in [6, 6.07) is 35.5. The SMILES string of the molecule is Cc1ccc(S(=O)(=O)NCC(C[C@@](O)(C=[C+]c2ccccc2)c2ccccc2)c2ccccc2)cc1. The van der Waals surface area contributed by atoms with E-state index in [1.54, 1.807) is 30.3 Å². The van der Waals surface area contributed by atoms with Crippen LogP contribution < -0.4 is 4.72 Å². The maximum absolute atomic E-state index is 13.0. The number of hydrogen-bond acceptors (Lipinski definition) is 3. The summed E-state index contributed by atoms with van der Waals surface area (Å²) in [6.45, 7) is 2.05. The zero-order chi connectivity index (χ0) is 25.4. The Morgan fingerprint density at radius 1 is 0.833 bits per heavy atom. The molecule has 4 aromatic carbocycles. The first kappa shape index (κ1) is 25.5. The predicted octanol–water partition coefficient (Wildman–Crippen LogP) is 5.74. The van der Waals surface area contributed by atoms with Gasteiger partial charge in [-0.1, -0.05) is 78.4 Å². The highest BCUT2D eigenvalue weighted by atomic mass is 32.2. The summed E-state index contributed by atoms with van der Waals surface area (Å²) in [5.74, 6) is -0.301. The second-order valence-corrected chi connectivity index (χ2v) is 10.7. The normalized spacial score (nSPS) is 14.2. The van der Waals surface area contributed by atoms with Crippen molar-refractivity contribution in [3.8, 4) is 0 Å². The van der Waals surface area contributed by atoms with Gasteiger partial charge in [0.1, 0.15) is 5.60 Å². The van der Waals surface area contributed by atoms with Crippen LogP contribution in [-0.4, -0.2) is 20.1 Å². The van der Waals surface area contributed by atoms with Crippen LogP contribution in [0.15, 0.2) is 126 Å². The summed E-state index contributed by atoms with van der Waals surface area (Å²) in [6.07, 6.45) is 5.17. The molecule has 182 valence electrons. The van der Waals surface area contributed by atoms with Crippen LogP contribution in [0.2, 0.25) is 0 Å². The minimum atomic E-state index is -3.71. The van der Waals surface area contributed by atoms with Crippen LogP contribution in [0.5, 0.6) is 0 Å². The van der Waals surface area contributed by atoms with Crippen molar-refractivity contribution in [3.05, 3.63) is 150 Å². The molecule has 0 fully saturated rings. The number of hydrogen-bond donors (Lipinski definition) is 2. The first-order valence-electron chi connectivity index (χ1n) is 11.9. The van der Waals surface area contributed by atoms with Crippen LogP contribution in [0.4, 0.5) is 0 Å². The first-order valence-corrected chi connectivity index (χ1v) is 13.4. The Kier molecular flexibility index (Phi) is 8.09. The summed E-state index contributed by atoms with van der Waals surface area (Å²) in [5, 5.41) is 12.0. The lowest BCUT2D eigenvalue weighted by Gasteiger charge is -2.29. The van der Waals surface area contributed by atoms with Crippen molar-refractivity contribution >= 4 is 10.0 Å². The van der Waals surface area contributed by atoms with Gasteiger partial charge < -0.3 is 5.11 Å². The van der Waals surface area contributed by atoms with Crippen molar-refractivity contribution in [2.24, 2.45) is 0 Å². The zero-order valence-corrected chi connectivity index (χ0v) is 21.0. The fraction of sp³-hybridized carbons (Fsp3) is 0.161. The monoisotopic (exact) mass is 496 g/mol. The predicted molar refractivity (Wildman–Crippen MR) is 144 cm³/mol. The molecule has 0 aliphatic heterocycles. The van der Waals surface area contributed by atoms with Crippen molar-refractivity contribution in [2.75, 3.05) is 6.54 Å². The number of rotatable bonds is 10. The molecule has 0 aliphatic carbocycles. The van der Waals surface area contributed by atoms with Gasteiger partial charge in [-0.15, -0.1) is 0 Å². The molecule has 2 N–H and O–H groups in total. The lowest BCUT2D eigenvalue weighted by atomic mass is 9.81. The Balaban J connectivity index is 1.65. The number of aryl methyl sites for hydroxylation is 1. The Bertz CT molecular complexity index is 1370. The van der Waals surface area contributed by atoms with Crippen molar-refractivity contribution < 1.29 is 13.5 Å². The molecule has 0 spiro atoms. The van der Waals surface area contributed by atoms with Crippen LogP contribution in [-0.2, 0) is 15.6 Å². The molecule has 0 bridgehead atoms. The van der Waals surface area contributed by atoms with E-state index in [9.17, 15) is 13.5 Å². The van der Waals surface area contributed by atoms with Crippen molar-refractivity contribution in [3.63, 3.8) is 0 Å². The third-order valence-corrected chi connectivity index (χ3v) is 7.64. The van der Waals surface area contributed by atoms with E-state index in [0.29, 0.717) is 0 Å². The molecule has 0 aromatic heterocycles. The summed E-state index contributed by atoms with van der Waals surface area (Å²) < 4.78 is 28.8. The first-order chi connectivity index (χ1) is 17.4. The molecule has 4 aromatic rings. The lowest BCUT2D eigenvalue weighted by Crippen LogP contribution is -2.33. The van der Waals surface area contributed by atoms with Crippen LogP contribution in [0.1, 0.15) is 34.6 Å². The van der Waals surface area contributed by atoms with Crippen molar-refractivity contribution in [2.45, 2.75) is 29.8 Å². The smallest absolute Gasteiger partial charge is 0.240 e. The molecule has 0 heterocycles. The van der Waals surface area contributed by atoms with E-state index in [0.717, 1.165) is 22.3 Å². The van der Waals surface area contributed by atoms with E-state index in [1.807, 2.05) is 97.9 Å².